The van der Waals surface area contributed by atoms with E-state index in [0.29, 0.717) is 17.5 Å². The normalized spacial score (nSPS) is 11.1. The maximum absolute atomic E-state index is 5.75. The Bertz CT molecular complexity index is 888. The van der Waals surface area contributed by atoms with E-state index >= 15 is 0 Å². The van der Waals surface area contributed by atoms with Gasteiger partial charge >= 0.3 is 0 Å². The standard InChI is InChI=1S/C17H12N2O2/c1-11-6-2-4-8-13(11)16-18-19-17(21-16)15-10-12-7-3-5-9-14(12)20-15/h2-10H,1H3. The van der Waals surface area contributed by atoms with Crippen molar-refractivity contribution in [3.05, 3.63) is 60.2 Å². The molecule has 0 fully saturated rings. The fraction of sp³-hybridized carbons (Fsp3) is 0.0588. The monoisotopic (exact) mass is 276 g/mol. The Kier molecular flexibility index (Phi) is 2.60. The van der Waals surface area contributed by atoms with Crippen LogP contribution in [0.4, 0.5) is 0 Å². The minimum atomic E-state index is 0.393. The SMILES string of the molecule is Cc1ccccc1-c1nnc(-c2cc3ccccc3o2)o1. The van der Waals surface area contributed by atoms with Crippen LogP contribution in [0.25, 0.3) is 34.1 Å². The lowest BCUT2D eigenvalue weighted by molar-refractivity contribution is 0.541. The molecule has 0 N–H and O–H groups in total. The van der Waals surface area contributed by atoms with Crippen LogP contribution in [0.5, 0.6) is 0 Å². The molecule has 0 saturated heterocycles. The molecule has 0 atom stereocenters. The fourth-order valence-electron chi connectivity index (χ4n) is 2.33. The van der Waals surface area contributed by atoms with Gasteiger partial charge in [0, 0.05) is 10.9 Å². The van der Waals surface area contributed by atoms with Gasteiger partial charge in [-0.2, -0.15) is 0 Å². The number of furan rings is 1. The lowest BCUT2D eigenvalue weighted by Crippen LogP contribution is -1.81. The number of hydrogen-bond acceptors (Lipinski definition) is 4. The molecule has 0 unspecified atom stereocenters. The van der Waals surface area contributed by atoms with E-state index in [0.717, 1.165) is 22.1 Å². The van der Waals surface area contributed by atoms with Crippen LogP contribution in [0.2, 0.25) is 0 Å². The maximum Gasteiger partial charge on any atom is 0.283 e. The van der Waals surface area contributed by atoms with Crippen LogP contribution < -0.4 is 0 Å². The van der Waals surface area contributed by atoms with Crippen molar-refractivity contribution in [3.8, 4) is 23.1 Å². The van der Waals surface area contributed by atoms with Gasteiger partial charge in [-0.1, -0.05) is 36.4 Å². The van der Waals surface area contributed by atoms with E-state index < -0.39 is 0 Å². The summed E-state index contributed by atoms with van der Waals surface area (Å²) in [5.41, 5.74) is 2.84. The third kappa shape index (κ3) is 2.01. The molecule has 0 amide bonds. The fourth-order valence-corrected chi connectivity index (χ4v) is 2.33. The summed E-state index contributed by atoms with van der Waals surface area (Å²) in [7, 11) is 0. The molecular weight excluding hydrogens is 264 g/mol. The Morgan fingerprint density at radius 3 is 2.43 bits per heavy atom. The van der Waals surface area contributed by atoms with E-state index in [-0.39, 0.29) is 0 Å². The Morgan fingerprint density at radius 2 is 1.57 bits per heavy atom. The second kappa shape index (κ2) is 4.59. The van der Waals surface area contributed by atoms with Crippen LogP contribution in [0.3, 0.4) is 0 Å². The molecular formula is C17H12N2O2. The number of nitrogens with zero attached hydrogens (tertiary/aromatic N) is 2. The van der Waals surface area contributed by atoms with Crippen molar-refractivity contribution in [2.45, 2.75) is 6.92 Å². The lowest BCUT2D eigenvalue weighted by Gasteiger charge is -1.98. The van der Waals surface area contributed by atoms with Gasteiger partial charge in [-0.25, -0.2) is 0 Å². The number of para-hydroxylation sites is 1. The average Bonchev–Trinajstić information content (AvgIpc) is 3.14. The molecule has 4 rings (SSSR count). The molecule has 0 radical (unpaired) electrons. The molecule has 0 aliphatic heterocycles. The highest BCUT2D eigenvalue weighted by molar-refractivity contribution is 5.81. The minimum Gasteiger partial charge on any atom is -0.451 e. The number of aryl methyl sites for hydroxylation is 1. The molecule has 0 saturated carbocycles. The van der Waals surface area contributed by atoms with Crippen molar-refractivity contribution >= 4 is 11.0 Å². The molecule has 4 nitrogen and oxygen atoms in total. The van der Waals surface area contributed by atoms with Gasteiger partial charge in [0.2, 0.25) is 5.89 Å². The zero-order valence-electron chi connectivity index (χ0n) is 11.4. The zero-order chi connectivity index (χ0) is 14.2. The maximum atomic E-state index is 5.75. The smallest absolute Gasteiger partial charge is 0.283 e. The molecule has 4 aromatic rings. The van der Waals surface area contributed by atoms with Crippen LogP contribution in [0.1, 0.15) is 5.56 Å². The predicted molar refractivity (Wildman–Crippen MR) is 79.7 cm³/mol. The molecule has 102 valence electrons. The third-order valence-electron chi connectivity index (χ3n) is 3.44. The van der Waals surface area contributed by atoms with Gasteiger partial charge in [0.05, 0.1) is 0 Å². The average molecular weight is 276 g/mol. The van der Waals surface area contributed by atoms with Gasteiger partial charge in [-0.05, 0) is 30.7 Å². The van der Waals surface area contributed by atoms with Gasteiger partial charge in [0.25, 0.3) is 5.89 Å². The van der Waals surface area contributed by atoms with Crippen LogP contribution >= 0.6 is 0 Å². The molecule has 0 bridgehead atoms. The van der Waals surface area contributed by atoms with E-state index in [1.807, 2.05) is 61.5 Å². The highest BCUT2D eigenvalue weighted by Gasteiger charge is 2.15. The molecule has 4 heteroatoms. The van der Waals surface area contributed by atoms with Crippen LogP contribution in [-0.4, -0.2) is 10.2 Å². The zero-order valence-corrected chi connectivity index (χ0v) is 11.4. The van der Waals surface area contributed by atoms with E-state index in [9.17, 15) is 0 Å². The summed E-state index contributed by atoms with van der Waals surface area (Å²) in [5.74, 6) is 1.48. The predicted octanol–water partition coefficient (Wildman–Crippen LogP) is 4.46. The third-order valence-corrected chi connectivity index (χ3v) is 3.44. The van der Waals surface area contributed by atoms with Gasteiger partial charge in [0.15, 0.2) is 5.76 Å². The van der Waals surface area contributed by atoms with E-state index in [2.05, 4.69) is 10.2 Å². The summed E-state index contributed by atoms with van der Waals surface area (Å²) in [6, 6.07) is 17.6. The van der Waals surface area contributed by atoms with Crippen molar-refractivity contribution in [2.24, 2.45) is 0 Å². The Balaban J connectivity index is 1.79. The molecule has 2 aromatic heterocycles. The molecule has 0 aliphatic rings. The molecule has 0 aliphatic carbocycles. The summed E-state index contributed by atoms with van der Waals surface area (Å²) in [4.78, 5) is 0. The van der Waals surface area contributed by atoms with Crippen molar-refractivity contribution in [2.75, 3.05) is 0 Å². The quantitative estimate of drug-likeness (QED) is 0.542. The van der Waals surface area contributed by atoms with E-state index in [4.69, 9.17) is 8.83 Å². The van der Waals surface area contributed by atoms with Crippen molar-refractivity contribution < 1.29 is 8.83 Å². The minimum absolute atomic E-state index is 0.393. The first-order chi connectivity index (χ1) is 10.3. The second-order valence-corrected chi connectivity index (χ2v) is 4.88. The molecule has 2 heterocycles. The summed E-state index contributed by atoms with van der Waals surface area (Å²) in [6.45, 7) is 2.01. The van der Waals surface area contributed by atoms with Crippen LogP contribution in [0, 0.1) is 6.92 Å². The summed E-state index contributed by atoms with van der Waals surface area (Å²) < 4.78 is 11.5. The van der Waals surface area contributed by atoms with Gasteiger partial charge in [0.1, 0.15) is 5.58 Å². The van der Waals surface area contributed by atoms with Crippen molar-refractivity contribution in [1.29, 1.82) is 0 Å². The first-order valence-electron chi connectivity index (χ1n) is 6.70. The van der Waals surface area contributed by atoms with Gasteiger partial charge in [-0.15, -0.1) is 10.2 Å². The molecule has 2 aromatic carbocycles. The molecule has 21 heavy (non-hydrogen) atoms. The van der Waals surface area contributed by atoms with Crippen molar-refractivity contribution in [1.82, 2.24) is 10.2 Å². The van der Waals surface area contributed by atoms with Gasteiger partial charge in [-0.3, -0.25) is 0 Å². The topological polar surface area (TPSA) is 52.1 Å². The highest BCUT2D eigenvalue weighted by atomic mass is 16.4. The first kappa shape index (κ1) is 11.9. The first-order valence-corrected chi connectivity index (χ1v) is 6.70. The van der Waals surface area contributed by atoms with E-state index in [1.165, 1.54) is 0 Å². The summed E-state index contributed by atoms with van der Waals surface area (Å²) >= 11 is 0. The summed E-state index contributed by atoms with van der Waals surface area (Å²) in [5, 5.41) is 9.22. The molecule has 0 spiro atoms. The second-order valence-electron chi connectivity index (χ2n) is 4.88. The number of aromatic nitrogens is 2. The van der Waals surface area contributed by atoms with Crippen molar-refractivity contribution in [3.63, 3.8) is 0 Å². The van der Waals surface area contributed by atoms with Crippen LogP contribution in [-0.2, 0) is 0 Å². The number of benzene rings is 2. The van der Waals surface area contributed by atoms with E-state index in [1.54, 1.807) is 0 Å². The largest absolute Gasteiger partial charge is 0.451 e. The van der Waals surface area contributed by atoms with Crippen LogP contribution in [0.15, 0.2) is 63.4 Å². The number of hydrogen-bond donors (Lipinski definition) is 0. The number of rotatable bonds is 2. The Morgan fingerprint density at radius 1 is 0.810 bits per heavy atom. The Hall–Kier alpha value is -2.88. The summed E-state index contributed by atoms with van der Waals surface area (Å²) in [6.07, 6.45) is 0. The Labute approximate surface area is 121 Å². The van der Waals surface area contributed by atoms with Gasteiger partial charge < -0.3 is 8.83 Å². The lowest BCUT2D eigenvalue weighted by atomic mass is 10.1. The number of fused-ring (bicyclic) bond motifs is 1. The highest BCUT2D eigenvalue weighted by Crippen LogP contribution is 2.29.